The van der Waals surface area contributed by atoms with Crippen molar-refractivity contribution >= 4 is 21.7 Å². The summed E-state index contributed by atoms with van der Waals surface area (Å²) < 4.78 is 19.5. The van der Waals surface area contributed by atoms with Gasteiger partial charge < -0.3 is 10.1 Å². The van der Waals surface area contributed by atoms with Crippen molar-refractivity contribution in [1.29, 1.82) is 0 Å². The van der Waals surface area contributed by atoms with Crippen molar-refractivity contribution in [2.24, 2.45) is 0 Å². The third-order valence-electron chi connectivity index (χ3n) is 3.24. The molecule has 1 aliphatic heterocycles. The predicted molar refractivity (Wildman–Crippen MR) is 78.0 cm³/mol. The van der Waals surface area contributed by atoms with Crippen molar-refractivity contribution in [3.63, 3.8) is 0 Å². The highest BCUT2D eigenvalue weighted by Gasteiger charge is 2.18. The van der Waals surface area contributed by atoms with Crippen LogP contribution in [-0.2, 0) is 17.8 Å². The number of hydrogen-bond acceptors (Lipinski definition) is 4. The summed E-state index contributed by atoms with van der Waals surface area (Å²) >= 11 is 3.15. The Labute approximate surface area is 124 Å². The molecule has 0 fully saturated rings. The van der Waals surface area contributed by atoms with Crippen LogP contribution in [0, 0.1) is 5.82 Å². The van der Waals surface area contributed by atoms with Gasteiger partial charge in [-0.15, -0.1) is 0 Å². The molecule has 20 heavy (non-hydrogen) atoms. The first-order chi connectivity index (χ1) is 9.69. The van der Waals surface area contributed by atoms with Crippen LogP contribution in [0.4, 0.5) is 10.2 Å². The quantitative estimate of drug-likeness (QED) is 0.914. The van der Waals surface area contributed by atoms with Gasteiger partial charge in [0.1, 0.15) is 11.6 Å². The monoisotopic (exact) mass is 337 g/mol. The van der Waals surface area contributed by atoms with Crippen LogP contribution in [0.1, 0.15) is 11.3 Å². The van der Waals surface area contributed by atoms with Gasteiger partial charge in [0.25, 0.3) is 0 Å². The normalized spacial score (nSPS) is 13.9. The zero-order valence-corrected chi connectivity index (χ0v) is 12.5. The number of nitrogens with one attached hydrogen (secondary N) is 1. The average Bonchev–Trinajstić information content (AvgIpc) is 2.49. The molecule has 104 valence electrons. The molecule has 1 N–H and O–H groups in total. The van der Waals surface area contributed by atoms with Gasteiger partial charge >= 0.3 is 0 Å². The molecular weight excluding hydrogens is 325 g/mol. The summed E-state index contributed by atoms with van der Waals surface area (Å²) in [6, 6.07) is 4.90. The van der Waals surface area contributed by atoms with E-state index in [4.69, 9.17) is 4.74 Å². The summed E-state index contributed by atoms with van der Waals surface area (Å²) in [5, 5.41) is 3.06. The second-order valence-electron chi connectivity index (χ2n) is 4.50. The third-order valence-corrected chi connectivity index (χ3v) is 3.88. The first kappa shape index (κ1) is 13.5. The Kier molecular flexibility index (Phi) is 3.67. The summed E-state index contributed by atoms with van der Waals surface area (Å²) in [6.07, 6.45) is 0.749. The van der Waals surface area contributed by atoms with Crippen molar-refractivity contribution < 1.29 is 9.13 Å². The van der Waals surface area contributed by atoms with E-state index in [1.807, 2.05) is 7.05 Å². The maximum absolute atomic E-state index is 13.6. The van der Waals surface area contributed by atoms with Gasteiger partial charge in [0.05, 0.1) is 23.4 Å². The van der Waals surface area contributed by atoms with Gasteiger partial charge in [-0.3, -0.25) is 0 Å². The maximum atomic E-state index is 13.6. The lowest BCUT2D eigenvalue weighted by molar-refractivity contribution is 0.109. The number of fused-ring (bicyclic) bond motifs is 1. The van der Waals surface area contributed by atoms with E-state index >= 15 is 0 Å². The van der Waals surface area contributed by atoms with E-state index in [2.05, 4.69) is 31.2 Å². The number of halogens is 2. The molecule has 1 aliphatic rings. The third kappa shape index (κ3) is 2.41. The second-order valence-corrected chi connectivity index (χ2v) is 5.36. The lowest BCUT2D eigenvalue weighted by atomic mass is 10.1. The average molecular weight is 338 g/mol. The highest BCUT2D eigenvalue weighted by atomic mass is 79.9. The first-order valence-corrected chi connectivity index (χ1v) is 7.09. The zero-order valence-electron chi connectivity index (χ0n) is 10.9. The Morgan fingerprint density at radius 2 is 2.20 bits per heavy atom. The van der Waals surface area contributed by atoms with Crippen LogP contribution in [0.2, 0.25) is 0 Å². The molecule has 0 radical (unpaired) electrons. The Hall–Kier alpha value is -1.53. The molecule has 2 heterocycles. The Morgan fingerprint density at radius 1 is 1.35 bits per heavy atom. The molecule has 3 rings (SSSR count). The molecule has 0 aliphatic carbocycles. The predicted octanol–water partition coefficient (Wildman–Crippen LogP) is 3.16. The molecular formula is C14H13BrFN3O. The number of aromatic nitrogens is 2. The molecule has 0 spiro atoms. The summed E-state index contributed by atoms with van der Waals surface area (Å²) in [7, 11) is 1.81. The van der Waals surface area contributed by atoms with Gasteiger partial charge in [-0.2, -0.15) is 0 Å². The summed E-state index contributed by atoms with van der Waals surface area (Å²) in [4.78, 5) is 9.01. The Morgan fingerprint density at radius 3 is 2.95 bits per heavy atom. The summed E-state index contributed by atoms with van der Waals surface area (Å²) in [5.74, 6) is 0.951. The molecule has 0 unspecified atom stereocenters. The van der Waals surface area contributed by atoms with E-state index < -0.39 is 0 Å². The molecule has 0 amide bonds. The molecule has 1 aromatic heterocycles. The summed E-state index contributed by atoms with van der Waals surface area (Å²) in [6.45, 7) is 1.17. The molecule has 2 aromatic rings. The van der Waals surface area contributed by atoms with Gasteiger partial charge in [0.15, 0.2) is 5.82 Å². The minimum Gasteiger partial charge on any atom is -0.376 e. The van der Waals surface area contributed by atoms with Gasteiger partial charge in [-0.25, -0.2) is 14.4 Å². The highest BCUT2D eigenvalue weighted by Crippen LogP contribution is 2.27. The first-order valence-electron chi connectivity index (χ1n) is 6.29. The molecule has 1 aromatic carbocycles. The molecule has 0 saturated carbocycles. The van der Waals surface area contributed by atoms with Crippen LogP contribution < -0.4 is 5.32 Å². The smallest absolute Gasteiger partial charge is 0.161 e. The SMILES string of the molecule is CNc1nc(-c2ccc(Br)c(F)c2)nc2c1COCC2. The minimum absolute atomic E-state index is 0.321. The van der Waals surface area contributed by atoms with Crippen molar-refractivity contribution in [1.82, 2.24) is 9.97 Å². The number of ether oxygens (including phenoxy) is 1. The van der Waals surface area contributed by atoms with E-state index in [-0.39, 0.29) is 5.82 Å². The number of anilines is 1. The van der Waals surface area contributed by atoms with Crippen LogP contribution >= 0.6 is 15.9 Å². The van der Waals surface area contributed by atoms with Crippen LogP contribution in [-0.4, -0.2) is 23.6 Å². The number of nitrogens with zero attached hydrogens (tertiary/aromatic N) is 2. The molecule has 0 saturated heterocycles. The number of benzene rings is 1. The van der Waals surface area contributed by atoms with E-state index in [0.29, 0.717) is 29.1 Å². The van der Waals surface area contributed by atoms with Crippen LogP contribution in [0.3, 0.4) is 0 Å². The van der Waals surface area contributed by atoms with Crippen molar-refractivity contribution in [2.45, 2.75) is 13.0 Å². The Balaban J connectivity index is 2.11. The van der Waals surface area contributed by atoms with E-state index in [1.54, 1.807) is 12.1 Å². The van der Waals surface area contributed by atoms with Crippen LogP contribution in [0.5, 0.6) is 0 Å². The van der Waals surface area contributed by atoms with Crippen LogP contribution in [0.15, 0.2) is 22.7 Å². The van der Waals surface area contributed by atoms with E-state index in [9.17, 15) is 4.39 Å². The molecule has 6 heteroatoms. The van der Waals surface area contributed by atoms with Crippen molar-refractivity contribution in [2.75, 3.05) is 19.0 Å². The molecule has 4 nitrogen and oxygen atoms in total. The number of rotatable bonds is 2. The van der Waals surface area contributed by atoms with Crippen molar-refractivity contribution in [3.05, 3.63) is 39.7 Å². The summed E-state index contributed by atoms with van der Waals surface area (Å²) in [5.41, 5.74) is 2.62. The van der Waals surface area contributed by atoms with Gasteiger partial charge in [-0.05, 0) is 34.1 Å². The van der Waals surface area contributed by atoms with Gasteiger partial charge in [-0.1, -0.05) is 0 Å². The molecule has 0 atom stereocenters. The lowest BCUT2D eigenvalue weighted by Crippen LogP contribution is -2.16. The fourth-order valence-electron chi connectivity index (χ4n) is 2.20. The second kappa shape index (κ2) is 5.46. The van der Waals surface area contributed by atoms with E-state index in [1.165, 1.54) is 6.07 Å². The Bertz CT molecular complexity index is 646. The maximum Gasteiger partial charge on any atom is 0.161 e. The highest BCUT2D eigenvalue weighted by molar-refractivity contribution is 9.10. The largest absolute Gasteiger partial charge is 0.376 e. The number of hydrogen-bond donors (Lipinski definition) is 1. The lowest BCUT2D eigenvalue weighted by Gasteiger charge is -2.19. The van der Waals surface area contributed by atoms with E-state index in [0.717, 1.165) is 23.5 Å². The topological polar surface area (TPSA) is 47.0 Å². The van der Waals surface area contributed by atoms with Gasteiger partial charge in [0.2, 0.25) is 0 Å². The van der Waals surface area contributed by atoms with Gasteiger partial charge in [0, 0.05) is 24.6 Å². The fraction of sp³-hybridized carbons (Fsp3) is 0.286. The van der Waals surface area contributed by atoms with Crippen LogP contribution in [0.25, 0.3) is 11.4 Å². The zero-order chi connectivity index (χ0) is 14.1. The fourth-order valence-corrected chi connectivity index (χ4v) is 2.45. The molecule has 0 bridgehead atoms. The van der Waals surface area contributed by atoms with Crippen molar-refractivity contribution in [3.8, 4) is 11.4 Å². The minimum atomic E-state index is -0.321. The standard InChI is InChI=1S/C14H13BrFN3O/c1-17-14-9-7-20-5-4-12(9)18-13(19-14)8-2-3-10(15)11(16)6-8/h2-3,6H,4-5,7H2,1H3,(H,17,18,19).